The molecule has 1 aliphatic heterocycles. The van der Waals surface area contributed by atoms with E-state index in [4.69, 9.17) is 21.1 Å². The highest BCUT2D eigenvalue weighted by molar-refractivity contribution is 9.11. The first-order valence-corrected chi connectivity index (χ1v) is 12.3. The average Bonchev–Trinajstić information content (AvgIpc) is 3.43. The molecular weight excluding hydrogens is 536 g/mol. The van der Waals surface area contributed by atoms with E-state index in [1.54, 1.807) is 35.2 Å². The van der Waals surface area contributed by atoms with Crippen molar-refractivity contribution in [2.24, 2.45) is 5.16 Å². The number of nitrogens with one attached hydrogen (secondary N) is 2. The number of ether oxygens (including phenoxy) is 2. The van der Waals surface area contributed by atoms with Crippen molar-refractivity contribution in [3.05, 3.63) is 39.1 Å². The summed E-state index contributed by atoms with van der Waals surface area (Å²) in [7, 11) is 0. The van der Waals surface area contributed by atoms with Crippen molar-refractivity contribution in [3.8, 4) is 5.06 Å². The van der Waals surface area contributed by atoms with Gasteiger partial charge in [-0.2, -0.15) is 0 Å². The Morgan fingerprint density at radius 2 is 2.06 bits per heavy atom. The molecule has 1 aliphatic carbocycles. The zero-order valence-electron chi connectivity index (χ0n) is 17.5. The molecule has 2 fully saturated rings. The zero-order chi connectivity index (χ0) is 23.4. The molecule has 1 aromatic heterocycles. The first-order chi connectivity index (χ1) is 15.9. The molecule has 0 unspecified atom stereocenters. The van der Waals surface area contributed by atoms with Crippen LogP contribution in [0.15, 0.2) is 39.3 Å². The van der Waals surface area contributed by atoms with Gasteiger partial charge in [0.25, 0.3) is 0 Å². The van der Waals surface area contributed by atoms with Crippen molar-refractivity contribution in [3.63, 3.8) is 0 Å². The van der Waals surface area contributed by atoms with Crippen molar-refractivity contribution in [2.45, 2.75) is 31.2 Å². The molecule has 2 aromatic rings. The molecule has 9 nitrogen and oxygen atoms in total. The van der Waals surface area contributed by atoms with Crippen LogP contribution in [-0.4, -0.2) is 48.3 Å². The van der Waals surface area contributed by atoms with E-state index in [0.29, 0.717) is 53.3 Å². The number of amides is 2. The fourth-order valence-corrected chi connectivity index (χ4v) is 5.45. The highest BCUT2D eigenvalue weighted by Gasteiger charge is 2.43. The number of halogens is 2. The van der Waals surface area contributed by atoms with E-state index in [0.717, 1.165) is 16.6 Å². The highest BCUT2D eigenvalue weighted by atomic mass is 79.9. The summed E-state index contributed by atoms with van der Waals surface area (Å²) in [6, 6.07) is 8.55. The molecule has 3 N–H and O–H groups in total. The van der Waals surface area contributed by atoms with E-state index < -0.39 is 11.6 Å². The van der Waals surface area contributed by atoms with Crippen molar-refractivity contribution in [1.82, 2.24) is 5.32 Å². The summed E-state index contributed by atoms with van der Waals surface area (Å²) >= 11 is 11.1. The van der Waals surface area contributed by atoms with Gasteiger partial charge in [-0.3, -0.25) is 4.79 Å². The number of oxime groups is 1. The summed E-state index contributed by atoms with van der Waals surface area (Å²) in [5.41, 5.74) is 0.0794. The van der Waals surface area contributed by atoms with Gasteiger partial charge in [0.2, 0.25) is 5.91 Å². The Labute approximate surface area is 207 Å². The number of morpholine rings is 1. The van der Waals surface area contributed by atoms with Gasteiger partial charge >= 0.3 is 6.09 Å². The van der Waals surface area contributed by atoms with Crippen LogP contribution in [0.3, 0.4) is 0 Å². The summed E-state index contributed by atoms with van der Waals surface area (Å²) in [6.45, 7) is 1.14. The number of nitrogens with zero attached hydrogens (tertiary/aromatic N) is 2. The molecule has 12 heteroatoms. The summed E-state index contributed by atoms with van der Waals surface area (Å²) < 4.78 is 11.5. The Hall–Kier alpha value is -2.34. The quantitative estimate of drug-likeness (QED) is 0.359. The van der Waals surface area contributed by atoms with Crippen molar-refractivity contribution < 1.29 is 24.3 Å². The second-order valence-electron chi connectivity index (χ2n) is 7.70. The minimum atomic E-state index is -1.06. The molecule has 2 heterocycles. The van der Waals surface area contributed by atoms with Gasteiger partial charge in [0.1, 0.15) is 12.1 Å². The van der Waals surface area contributed by atoms with Crippen molar-refractivity contribution in [2.75, 3.05) is 30.0 Å². The molecule has 4 rings (SSSR count). The van der Waals surface area contributed by atoms with E-state index in [-0.39, 0.29) is 12.5 Å². The number of rotatable bonds is 5. The van der Waals surface area contributed by atoms with Crippen molar-refractivity contribution >= 4 is 68.1 Å². The standard InChI is InChI=1S/C21H22BrClN4O5S/c22-16-5-6-18(33-16)32-20(29)25-21(7-1-2-8-21)19(28)24-13-3-4-15(14(23)11-13)27-9-10-31-12-17(27)26-30/h3-6,11,30H,1-2,7-10,12H2,(H,24,28)(H,25,29). The largest absolute Gasteiger partial charge is 0.414 e. The molecule has 2 aliphatic rings. The third-order valence-electron chi connectivity index (χ3n) is 5.59. The first-order valence-electron chi connectivity index (χ1n) is 10.3. The zero-order valence-corrected chi connectivity index (χ0v) is 20.6. The number of amidine groups is 1. The van der Waals surface area contributed by atoms with Gasteiger partial charge < -0.3 is 30.2 Å². The number of carbonyl (C=O) groups excluding carboxylic acids is 2. The van der Waals surface area contributed by atoms with Gasteiger partial charge in [0.05, 0.1) is 21.1 Å². The van der Waals surface area contributed by atoms with Crippen LogP contribution in [0.2, 0.25) is 5.02 Å². The van der Waals surface area contributed by atoms with Gasteiger partial charge in [-0.05, 0) is 59.1 Å². The maximum absolute atomic E-state index is 13.2. The second-order valence-corrected chi connectivity index (χ2v) is 10.5. The van der Waals surface area contributed by atoms with E-state index in [1.807, 2.05) is 0 Å². The van der Waals surface area contributed by atoms with Crippen LogP contribution in [0.25, 0.3) is 0 Å². The molecule has 0 atom stereocenters. The van der Waals surface area contributed by atoms with Crippen LogP contribution in [-0.2, 0) is 9.53 Å². The molecule has 0 spiro atoms. The van der Waals surface area contributed by atoms with Gasteiger partial charge in [0, 0.05) is 12.2 Å². The predicted molar refractivity (Wildman–Crippen MR) is 130 cm³/mol. The van der Waals surface area contributed by atoms with Crippen LogP contribution < -0.4 is 20.3 Å². The lowest BCUT2D eigenvalue weighted by Crippen LogP contribution is -2.55. The lowest BCUT2D eigenvalue weighted by Gasteiger charge is -2.30. The Morgan fingerprint density at radius 1 is 1.27 bits per heavy atom. The number of thiophene rings is 1. The van der Waals surface area contributed by atoms with Crippen LogP contribution >= 0.6 is 38.9 Å². The van der Waals surface area contributed by atoms with E-state index in [9.17, 15) is 14.8 Å². The maximum atomic E-state index is 13.2. The van der Waals surface area contributed by atoms with Gasteiger partial charge in [-0.25, -0.2) is 4.79 Å². The Kier molecular flexibility index (Phi) is 7.42. The van der Waals surface area contributed by atoms with Gasteiger partial charge in [-0.15, -0.1) is 0 Å². The summed E-state index contributed by atoms with van der Waals surface area (Å²) in [4.78, 5) is 27.5. The summed E-state index contributed by atoms with van der Waals surface area (Å²) in [5, 5.41) is 19.0. The lowest BCUT2D eigenvalue weighted by atomic mass is 9.96. The monoisotopic (exact) mass is 556 g/mol. The minimum absolute atomic E-state index is 0.179. The molecule has 176 valence electrons. The highest BCUT2D eigenvalue weighted by Crippen LogP contribution is 2.34. The molecule has 0 bridgehead atoms. The Bertz CT molecular complexity index is 1070. The number of benzene rings is 1. The fraction of sp³-hybridized carbons (Fsp3) is 0.381. The average molecular weight is 558 g/mol. The molecule has 33 heavy (non-hydrogen) atoms. The van der Waals surface area contributed by atoms with E-state index in [2.05, 4.69) is 31.7 Å². The molecule has 2 amide bonds. The topological polar surface area (TPSA) is 112 Å². The predicted octanol–water partition coefficient (Wildman–Crippen LogP) is 4.83. The van der Waals surface area contributed by atoms with Gasteiger partial charge in [-0.1, -0.05) is 40.9 Å². The van der Waals surface area contributed by atoms with Crippen molar-refractivity contribution in [1.29, 1.82) is 0 Å². The third kappa shape index (κ3) is 5.43. The smallest absolute Gasteiger partial charge is 0.409 e. The number of hydrogen-bond donors (Lipinski definition) is 3. The van der Waals surface area contributed by atoms with E-state index in [1.165, 1.54) is 11.3 Å². The maximum Gasteiger partial charge on any atom is 0.414 e. The normalized spacial score (nSPS) is 18.8. The SMILES string of the molecule is O=C(NC1(C(=O)Nc2ccc(N3CCOCC3=NO)c(Cl)c2)CCCC1)Oc1ccc(Br)s1. The number of hydrogen-bond acceptors (Lipinski definition) is 7. The van der Waals surface area contributed by atoms with Crippen LogP contribution in [0.1, 0.15) is 25.7 Å². The molecule has 0 radical (unpaired) electrons. The van der Waals surface area contributed by atoms with E-state index >= 15 is 0 Å². The number of anilines is 2. The fourth-order valence-electron chi connectivity index (χ4n) is 3.98. The first kappa shape index (κ1) is 23.8. The Morgan fingerprint density at radius 3 is 2.73 bits per heavy atom. The molecular formula is C21H22BrClN4O5S. The third-order valence-corrected chi connectivity index (χ3v) is 7.39. The van der Waals surface area contributed by atoms with Crippen LogP contribution in [0.4, 0.5) is 16.2 Å². The summed E-state index contributed by atoms with van der Waals surface area (Å²) in [6.07, 6.45) is 1.99. The lowest BCUT2D eigenvalue weighted by molar-refractivity contribution is -0.122. The molecule has 1 saturated carbocycles. The number of carbonyl (C=O) groups is 2. The molecule has 1 aromatic carbocycles. The summed E-state index contributed by atoms with van der Waals surface area (Å²) in [5.74, 6) is 0.0300. The van der Waals surface area contributed by atoms with Gasteiger partial charge in [0.15, 0.2) is 10.9 Å². The van der Waals surface area contributed by atoms with Crippen LogP contribution in [0.5, 0.6) is 5.06 Å². The van der Waals surface area contributed by atoms with Crippen LogP contribution in [0, 0.1) is 0 Å². The molecule has 1 saturated heterocycles. The Balaban J connectivity index is 1.46. The second kappa shape index (κ2) is 10.3. The minimum Gasteiger partial charge on any atom is -0.409 e.